The van der Waals surface area contributed by atoms with Crippen molar-refractivity contribution in [3.8, 4) is 0 Å². The van der Waals surface area contributed by atoms with Gasteiger partial charge in [0, 0.05) is 43.7 Å². The van der Waals surface area contributed by atoms with Crippen LogP contribution in [0.3, 0.4) is 0 Å². The minimum absolute atomic E-state index is 0.0106. The molecule has 0 N–H and O–H groups in total. The van der Waals surface area contributed by atoms with Gasteiger partial charge in [-0.15, -0.1) is 6.58 Å². The number of likely N-dealkylation sites (tertiary alicyclic amines) is 1. The Bertz CT molecular complexity index is 1660. The van der Waals surface area contributed by atoms with Gasteiger partial charge in [-0.05, 0) is 88.9 Å². The highest BCUT2D eigenvalue weighted by atomic mass is 16.6. The zero-order valence-electron chi connectivity index (χ0n) is 37.7. The molecule has 13 heteroatoms. The first-order valence-electron chi connectivity index (χ1n) is 22.3. The Morgan fingerprint density at radius 2 is 1.57 bits per heavy atom. The SMILES string of the molecule is C=CCCC(=O)C(=O)[C@@H]1CCCCCCCO[C@@H](C)[C@H](CC(=O)OC(C)(C)C)C(=O)N2C[C@H]3[C@@H]([C@H]2C(=O)C1)C3(C)C.CC(C)(C)[C@@H](CN1C(=O)C2CCC(C2)C1=O)N=C=O. The molecule has 2 unspecified atom stereocenters. The van der Waals surface area contributed by atoms with Crippen LogP contribution in [0.15, 0.2) is 17.6 Å². The van der Waals surface area contributed by atoms with Crippen LogP contribution in [-0.2, 0) is 47.8 Å². The van der Waals surface area contributed by atoms with Crippen LogP contribution in [0.1, 0.15) is 146 Å². The predicted molar refractivity (Wildman–Crippen MR) is 225 cm³/mol. The number of aliphatic imine (C=N–C) groups is 1. The lowest BCUT2D eigenvalue weighted by Gasteiger charge is -2.35. The number of Topliss-reactive ketones (excluding diaryl/α,β-unsaturated/α-hetero) is 3. The standard InChI is InChI=1S/C33H51NO7.C14H20N2O3/c1-8-9-16-25(35)30(38)22-15-13-11-10-12-14-17-40-21(2)23(19-27(37)41-32(3,4)5)31(39)34-20-24-28(33(24,6)7)29(34)26(36)18-22;1-14(2,3)11(15-8-17)7-16-12(18)9-4-5-10(6-9)13(16)19/h8,21-24,28-29H,1,9-20H2,2-7H3;9-11H,4-7H2,1-3H3/t21-,22+,23-,24-,28-,29+;9?,10?,11-/m01/s1. The Balaban J connectivity index is 0.000000347. The van der Waals surface area contributed by atoms with Gasteiger partial charge in [0.15, 0.2) is 11.6 Å². The maximum Gasteiger partial charge on any atom is 0.307 e. The number of amides is 3. The van der Waals surface area contributed by atoms with Crippen molar-refractivity contribution in [2.45, 2.75) is 170 Å². The van der Waals surface area contributed by atoms with E-state index in [4.69, 9.17) is 9.47 Å². The summed E-state index contributed by atoms with van der Waals surface area (Å²) in [6.07, 6.45) is 10.2. The third-order valence-electron chi connectivity index (χ3n) is 13.5. The van der Waals surface area contributed by atoms with Crippen LogP contribution in [0, 0.1) is 46.3 Å². The van der Waals surface area contributed by atoms with Crippen LogP contribution >= 0.6 is 0 Å². The highest BCUT2D eigenvalue weighted by Gasteiger charge is 2.69. The van der Waals surface area contributed by atoms with Crippen molar-refractivity contribution in [1.29, 1.82) is 0 Å². The summed E-state index contributed by atoms with van der Waals surface area (Å²) in [5.41, 5.74) is -1.07. The maximum absolute atomic E-state index is 14.2. The molecule has 0 radical (unpaired) electrons. The van der Waals surface area contributed by atoms with Gasteiger partial charge in [-0.3, -0.25) is 38.5 Å². The fraction of sp³-hybridized carbons (Fsp3) is 0.787. The van der Waals surface area contributed by atoms with E-state index >= 15 is 0 Å². The zero-order chi connectivity index (χ0) is 44.7. The smallest absolute Gasteiger partial charge is 0.307 e. The van der Waals surface area contributed by atoms with E-state index < -0.39 is 53.2 Å². The molecule has 3 saturated heterocycles. The average Bonchev–Trinajstić information content (AvgIpc) is 3.54. The second-order valence-electron chi connectivity index (χ2n) is 20.5. The van der Waals surface area contributed by atoms with E-state index in [2.05, 4.69) is 25.4 Å². The number of fused-ring (bicyclic) bond motifs is 5. The molecule has 0 aromatic heterocycles. The number of carbonyl (C=O) groups excluding carboxylic acids is 8. The summed E-state index contributed by atoms with van der Waals surface area (Å²) < 4.78 is 11.6. The van der Waals surface area contributed by atoms with E-state index in [1.807, 2.05) is 27.7 Å². The molecule has 3 amide bonds. The molecule has 60 heavy (non-hydrogen) atoms. The number of allylic oxidation sites excluding steroid dienone is 1. The average molecular weight is 838 g/mol. The number of carbonyl (C=O) groups is 7. The van der Waals surface area contributed by atoms with Crippen molar-refractivity contribution in [2.24, 2.45) is 51.3 Å². The molecule has 5 fully saturated rings. The number of imide groups is 1. The van der Waals surface area contributed by atoms with Gasteiger partial charge in [-0.1, -0.05) is 66.4 Å². The molecule has 3 heterocycles. The number of hydrogen-bond donors (Lipinski definition) is 0. The first-order valence-corrected chi connectivity index (χ1v) is 22.3. The fourth-order valence-electron chi connectivity index (χ4n) is 9.70. The molecule has 0 aromatic carbocycles. The van der Waals surface area contributed by atoms with Crippen LogP contribution in [-0.4, -0.2) is 100 Å². The molecule has 0 aromatic rings. The van der Waals surface area contributed by atoms with Crippen LogP contribution in [0.5, 0.6) is 0 Å². The molecule has 5 aliphatic rings. The third-order valence-corrected chi connectivity index (χ3v) is 13.5. The van der Waals surface area contributed by atoms with Crippen molar-refractivity contribution in [3.05, 3.63) is 12.7 Å². The van der Waals surface area contributed by atoms with Gasteiger partial charge in [0.2, 0.25) is 29.6 Å². The first-order chi connectivity index (χ1) is 28.0. The number of hydrogen-bond acceptors (Lipinski definition) is 11. The van der Waals surface area contributed by atoms with E-state index in [-0.39, 0.29) is 83.8 Å². The Morgan fingerprint density at radius 3 is 2.15 bits per heavy atom. The van der Waals surface area contributed by atoms with Crippen molar-refractivity contribution in [3.63, 3.8) is 0 Å². The Kier molecular flexibility index (Phi) is 16.6. The van der Waals surface area contributed by atoms with E-state index in [1.165, 1.54) is 4.90 Å². The molecule has 0 spiro atoms. The number of piperidine rings is 2. The van der Waals surface area contributed by atoms with E-state index in [0.717, 1.165) is 44.9 Å². The molecule has 9 atom stereocenters. The summed E-state index contributed by atoms with van der Waals surface area (Å²) in [5.74, 6) is -3.35. The molecule has 5 rings (SSSR count). The maximum atomic E-state index is 14.2. The number of ether oxygens (including phenoxy) is 2. The second kappa shape index (κ2) is 20.4. The van der Waals surface area contributed by atoms with E-state index in [9.17, 15) is 38.4 Å². The third kappa shape index (κ3) is 12.2. The Hall–Kier alpha value is -3.83. The minimum atomic E-state index is -0.786. The van der Waals surface area contributed by atoms with Crippen LogP contribution in [0.4, 0.5) is 0 Å². The Labute approximate surface area is 357 Å². The topological polar surface area (TPSA) is 174 Å². The minimum Gasteiger partial charge on any atom is -0.460 e. The second-order valence-corrected chi connectivity index (χ2v) is 20.5. The van der Waals surface area contributed by atoms with Crippen molar-refractivity contribution >= 4 is 47.1 Å². The highest BCUT2D eigenvalue weighted by Crippen LogP contribution is 2.65. The summed E-state index contributed by atoms with van der Waals surface area (Å²) in [6, 6.07) is -1.07. The van der Waals surface area contributed by atoms with E-state index in [1.54, 1.807) is 37.8 Å². The van der Waals surface area contributed by atoms with E-state index in [0.29, 0.717) is 32.4 Å². The van der Waals surface area contributed by atoms with Gasteiger partial charge >= 0.3 is 5.97 Å². The van der Waals surface area contributed by atoms with Gasteiger partial charge in [0.25, 0.3) is 0 Å². The molecule has 2 saturated carbocycles. The number of nitrogens with zero attached hydrogens (tertiary/aromatic N) is 3. The lowest BCUT2D eigenvalue weighted by Crippen LogP contribution is -2.50. The molecule has 3 aliphatic heterocycles. The summed E-state index contributed by atoms with van der Waals surface area (Å²) in [5, 5.41) is 0. The molecule has 334 valence electrons. The molecule has 2 aliphatic carbocycles. The highest BCUT2D eigenvalue weighted by molar-refractivity contribution is 6.38. The molecule has 13 nitrogen and oxygen atoms in total. The van der Waals surface area contributed by atoms with Gasteiger partial charge in [0.05, 0.1) is 37.1 Å². The number of ketones is 3. The summed E-state index contributed by atoms with van der Waals surface area (Å²) >= 11 is 0. The van der Waals surface area contributed by atoms with Crippen molar-refractivity contribution in [2.75, 3.05) is 19.7 Å². The van der Waals surface area contributed by atoms with Gasteiger partial charge in [-0.25, -0.2) is 9.79 Å². The van der Waals surface area contributed by atoms with Crippen LogP contribution in [0.25, 0.3) is 0 Å². The summed E-state index contributed by atoms with van der Waals surface area (Å²) in [6.45, 7) is 22.0. The van der Waals surface area contributed by atoms with Gasteiger partial charge < -0.3 is 14.4 Å². The van der Waals surface area contributed by atoms with Crippen molar-refractivity contribution in [1.82, 2.24) is 9.80 Å². The summed E-state index contributed by atoms with van der Waals surface area (Å²) in [7, 11) is 0. The largest absolute Gasteiger partial charge is 0.460 e. The van der Waals surface area contributed by atoms with Gasteiger partial charge in [0.1, 0.15) is 5.60 Å². The van der Waals surface area contributed by atoms with Crippen molar-refractivity contribution < 1.29 is 47.8 Å². The lowest BCUT2D eigenvalue weighted by molar-refractivity contribution is -0.162. The van der Waals surface area contributed by atoms with Crippen LogP contribution < -0.4 is 0 Å². The molecule has 2 bridgehead atoms. The predicted octanol–water partition coefficient (Wildman–Crippen LogP) is 6.78. The quantitative estimate of drug-likeness (QED) is 0.0570. The normalized spacial score (nSPS) is 30.2. The molecular weight excluding hydrogens is 767 g/mol. The molecular formula is C47H71N3O10. The van der Waals surface area contributed by atoms with Crippen LogP contribution in [0.2, 0.25) is 0 Å². The number of isocyanates is 1. The van der Waals surface area contributed by atoms with Gasteiger partial charge in [-0.2, -0.15) is 0 Å². The number of rotatable bonds is 10. The lowest BCUT2D eigenvalue weighted by atomic mass is 9.85. The number of esters is 1. The Morgan fingerprint density at radius 1 is 0.950 bits per heavy atom. The monoisotopic (exact) mass is 838 g/mol. The summed E-state index contributed by atoms with van der Waals surface area (Å²) in [4.78, 5) is 109. The zero-order valence-corrected chi connectivity index (χ0v) is 37.7. The first kappa shape index (κ1) is 48.8. The fourth-order valence-corrected chi connectivity index (χ4v) is 9.70.